The van der Waals surface area contributed by atoms with Crippen LogP contribution in [0.4, 0.5) is 0 Å². The predicted molar refractivity (Wildman–Crippen MR) is 80.9 cm³/mol. The highest BCUT2D eigenvalue weighted by atomic mass is 16.3. The Morgan fingerprint density at radius 2 is 2.10 bits per heavy atom. The molecule has 2 aliphatic rings. The fourth-order valence-corrected chi connectivity index (χ4v) is 3.51. The van der Waals surface area contributed by atoms with E-state index >= 15 is 0 Å². The van der Waals surface area contributed by atoms with E-state index in [-0.39, 0.29) is 11.9 Å². The average molecular weight is 291 g/mol. The molecule has 0 bridgehead atoms. The van der Waals surface area contributed by atoms with Crippen molar-refractivity contribution in [1.82, 2.24) is 14.7 Å². The smallest absolute Gasteiger partial charge is 0.240 e. The normalized spacial score (nSPS) is 30.2. The van der Waals surface area contributed by atoms with Gasteiger partial charge in [0.25, 0.3) is 0 Å². The molecule has 1 aromatic heterocycles. The van der Waals surface area contributed by atoms with E-state index in [1.807, 2.05) is 26.0 Å². The van der Waals surface area contributed by atoms with Gasteiger partial charge in [0.05, 0.1) is 12.6 Å². The van der Waals surface area contributed by atoms with Crippen LogP contribution in [0.2, 0.25) is 0 Å². The van der Waals surface area contributed by atoms with Crippen LogP contribution in [0, 0.1) is 6.92 Å². The van der Waals surface area contributed by atoms with Gasteiger partial charge in [-0.25, -0.2) is 0 Å². The molecule has 1 amide bonds. The molecule has 2 fully saturated rings. The van der Waals surface area contributed by atoms with Crippen LogP contribution >= 0.6 is 0 Å². The van der Waals surface area contributed by atoms with Gasteiger partial charge in [-0.1, -0.05) is 0 Å². The molecule has 2 aliphatic heterocycles. The van der Waals surface area contributed by atoms with Gasteiger partial charge >= 0.3 is 0 Å². The fraction of sp³-hybridized carbons (Fsp3) is 0.688. The average Bonchev–Trinajstić information content (AvgIpc) is 3.02. The summed E-state index contributed by atoms with van der Waals surface area (Å²) in [5.74, 6) is 2.14. The van der Waals surface area contributed by atoms with E-state index in [1.165, 1.54) is 0 Å². The summed E-state index contributed by atoms with van der Waals surface area (Å²) in [6, 6.07) is 4.76. The van der Waals surface area contributed by atoms with Crippen LogP contribution in [0.5, 0.6) is 0 Å². The quantitative estimate of drug-likeness (QED) is 0.842. The molecule has 0 aliphatic carbocycles. The molecule has 0 unspecified atom stereocenters. The Kier molecular flexibility index (Phi) is 3.80. The Hall–Kier alpha value is -1.33. The van der Waals surface area contributed by atoms with E-state index in [1.54, 1.807) is 0 Å². The number of hydrogen-bond acceptors (Lipinski definition) is 4. The highest BCUT2D eigenvalue weighted by Gasteiger charge is 2.44. The van der Waals surface area contributed by atoms with Gasteiger partial charge in [-0.05, 0) is 46.5 Å². The van der Waals surface area contributed by atoms with Crippen molar-refractivity contribution in [2.75, 3.05) is 27.2 Å². The highest BCUT2D eigenvalue weighted by molar-refractivity contribution is 5.83. The molecular formula is C16H25N3O2. The Morgan fingerprint density at radius 1 is 1.33 bits per heavy atom. The molecule has 21 heavy (non-hydrogen) atoms. The lowest BCUT2D eigenvalue weighted by Crippen LogP contribution is -2.58. The van der Waals surface area contributed by atoms with Gasteiger partial charge in [0, 0.05) is 25.2 Å². The van der Waals surface area contributed by atoms with Crippen molar-refractivity contribution < 1.29 is 9.21 Å². The Balaban J connectivity index is 1.72. The van der Waals surface area contributed by atoms with E-state index < -0.39 is 0 Å². The first kappa shape index (κ1) is 14.6. The van der Waals surface area contributed by atoms with E-state index in [0.29, 0.717) is 12.1 Å². The van der Waals surface area contributed by atoms with Crippen LogP contribution in [0.1, 0.15) is 24.9 Å². The number of carbonyl (C=O) groups excluding carboxylic acids is 1. The molecule has 3 rings (SSSR count). The molecular weight excluding hydrogens is 266 g/mol. The number of furan rings is 1. The number of aryl methyl sites for hydroxylation is 1. The lowest BCUT2D eigenvalue weighted by Gasteiger charge is -2.41. The van der Waals surface area contributed by atoms with E-state index in [4.69, 9.17) is 4.42 Å². The van der Waals surface area contributed by atoms with Crippen LogP contribution in [-0.4, -0.2) is 65.9 Å². The lowest BCUT2D eigenvalue weighted by molar-refractivity contribution is -0.143. The molecule has 0 spiro atoms. The lowest BCUT2D eigenvalue weighted by atomic mass is 10.1. The summed E-state index contributed by atoms with van der Waals surface area (Å²) in [5, 5.41) is 0. The standard InChI is InChI=1S/C16H25N3O2/c1-11-5-6-15(21-11)10-18-8-14-7-13(17(3)4)9-19(14)16(20)12(18)2/h5-6,12-14H,7-10H2,1-4H3/t12-,13-,14-/m0/s1. The first-order valence-electron chi connectivity index (χ1n) is 7.72. The number of piperazine rings is 1. The molecule has 5 nitrogen and oxygen atoms in total. The molecule has 0 N–H and O–H groups in total. The summed E-state index contributed by atoms with van der Waals surface area (Å²) >= 11 is 0. The second-order valence-electron chi connectivity index (χ2n) is 6.62. The summed E-state index contributed by atoms with van der Waals surface area (Å²) < 4.78 is 5.67. The van der Waals surface area contributed by atoms with Crippen molar-refractivity contribution in [3.05, 3.63) is 23.7 Å². The molecule has 0 aromatic carbocycles. The maximum atomic E-state index is 12.6. The molecule has 2 saturated heterocycles. The van der Waals surface area contributed by atoms with E-state index in [2.05, 4.69) is 28.8 Å². The van der Waals surface area contributed by atoms with Gasteiger partial charge in [0.1, 0.15) is 11.5 Å². The topological polar surface area (TPSA) is 39.9 Å². The first-order valence-corrected chi connectivity index (χ1v) is 7.72. The number of carbonyl (C=O) groups is 1. The maximum Gasteiger partial charge on any atom is 0.240 e. The van der Waals surface area contributed by atoms with Crippen LogP contribution in [0.15, 0.2) is 16.5 Å². The zero-order chi connectivity index (χ0) is 15.1. The van der Waals surface area contributed by atoms with Gasteiger partial charge in [-0.2, -0.15) is 0 Å². The van der Waals surface area contributed by atoms with Crippen molar-refractivity contribution in [3.63, 3.8) is 0 Å². The van der Waals surface area contributed by atoms with Gasteiger partial charge in [-0.15, -0.1) is 0 Å². The van der Waals surface area contributed by atoms with Crippen molar-refractivity contribution in [3.8, 4) is 0 Å². The second-order valence-corrected chi connectivity index (χ2v) is 6.62. The summed E-state index contributed by atoms with van der Waals surface area (Å²) in [7, 11) is 4.20. The number of fused-ring (bicyclic) bond motifs is 1. The van der Waals surface area contributed by atoms with Crippen LogP contribution in [0.3, 0.4) is 0 Å². The Bertz CT molecular complexity index is 525. The van der Waals surface area contributed by atoms with Crippen molar-refractivity contribution in [2.45, 2.75) is 44.9 Å². The summed E-state index contributed by atoms with van der Waals surface area (Å²) in [6.07, 6.45) is 1.07. The third-order valence-corrected chi connectivity index (χ3v) is 4.91. The molecule has 1 aromatic rings. The SMILES string of the molecule is Cc1ccc(CN2C[C@@H]3C[C@H](N(C)C)CN3C(=O)[C@@H]2C)o1. The molecule has 3 heterocycles. The minimum Gasteiger partial charge on any atom is -0.465 e. The number of likely N-dealkylation sites (N-methyl/N-ethyl adjacent to an activating group) is 1. The second kappa shape index (κ2) is 5.46. The van der Waals surface area contributed by atoms with Crippen molar-refractivity contribution in [2.24, 2.45) is 0 Å². The highest BCUT2D eigenvalue weighted by Crippen LogP contribution is 2.28. The third-order valence-electron chi connectivity index (χ3n) is 4.91. The molecule has 0 radical (unpaired) electrons. The summed E-state index contributed by atoms with van der Waals surface area (Å²) in [6.45, 7) is 6.50. The zero-order valence-electron chi connectivity index (χ0n) is 13.4. The predicted octanol–water partition coefficient (Wildman–Crippen LogP) is 1.32. The van der Waals surface area contributed by atoms with Gasteiger partial charge in [0.2, 0.25) is 5.91 Å². The molecule has 5 heteroatoms. The van der Waals surface area contributed by atoms with Crippen LogP contribution in [-0.2, 0) is 11.3 Å². The van der Waals surface area contributed by atoms with Crippen LogP contribution in [0.25, 0.3) is 0 Å². The number of amides is 1. The Morgan fingerprint density at radius 3 is 2.71 bits per heavy atom. The van der Waals surface area contributed by atoms with Gasteiger partial charge < -0.3 is 14.2 Å². The maximum absolute atomic E-state index is 12.6. The largest absolute Gasteiger partial charge is 0.465 e. The number of hydrogen-bond donors (Lipinski definition) is 0. The summed E-state index contributed by atoms with van der Waals surface area (Å²) in [5.41, 5.74) is 0. The number of nitrogens with zero attached hydrogens (tertiary/aromatic N) is 3. The summed E-state index contributed by atoms with van der Waals surface area (Å²) in [4.78, 5) is 19.2. The van der Waals surface area contributed by atoms with E-state index in [9.17, 15) is 4.79 Å². The molecule has 3 atom stereocenters. The van der Waals surface area contributed by atoms with Crippen LogP contribution < -0.4 is 0 Å². The third kappa shape index (κ3) is 2.72. The van der Waals surface area contributed by atoms with Crippen molar-refractivity contribution >= 4 is 5.91 Å². The fourth-order valence-electron chi connectivity index (χ4n) is 3.51. The monoisotopic (exact) mass is 291 g/mol. The zero-order valence-corrected chi connectivity index (χ0v) is 13.4. The first-order chi connectivity index (χ1) is 9.95. The molecule has 116 valence electrons. The van der Waals surface area contributed by atoms with Gasteiger partial charge in [0.15, 0.2) is 0 Å². The minimum atomic E-state index is -0.0624. The van der Waals surface area contributed by atoms with E-state index in [0.717, 1.165) is 37.6 Å². The minimum absolute atomic E-state index is 0.0624. The Labute approximate surface area is 126 Å². The number of rotatable bonds is 3. The van der Waals surface area contributed by atoms with Gasteiger partial charge in [-0.3, -0.25) is 9.69 Å². The molecule has 0 saturated carbocycles. The van der Waals surface area contributed by atoms with Crippen molar-refractivity contribution in [1.29, 1.82) is 0 Å².